The smallest absolute Gasteiger partial charge is 0.191 e. The molecule has 1 aromatic carbocycles. The first kappa shape index (κ1) is 21.5. The van der Waals surface area contributed by atoms with Crippen LogP contribution in [-0.4, -0.2) is 37.8 Å². The average Bonchev–Trinajstić information content (AvgIpc) is 3.32. The lowest BCUT2D eigenvalue weighted by molar-refractivity contribution is 0.371. The number of anilines is 1. The summed E-state index contributed by atoms with van der Waals surface area (Å²) in [5.41, 5.74) is 2.29. The van der Waals surface area contributed by atoms with Crippen LogP contribution >= 0.6 is 24.0 Å². The molecule has 6 nitrogen and oxygen atoms in total. The van der Waals surface area contributed by atoms with Gasteiger partial charge in [-0.25, -0.2) is 0 Å². The Bertz CT molecular complexity index is 716. The second kappa shape index (κ2) is 10.5. The molecule has 1 fully saturated rings. The van der Waals surface area contributed by atoms with Gasteiger partial charge in [0, 0.05) is 38.4 Å². The van der Waals surface area contributed by atoms with E-state index in [4.69, 9.17) is 4.52 Å². The summed E-state index contributed by atoms with van der Waals surface area (Å²) in [5.74, 6) is 2.62. The van der Waals surface area contributed by atoms with E-state index in [1.54, 1.807) is 7.05 Å². The van der Waals surface area contributed by atoms with Crippen molar-refractivity contribution in [1.29, 1.82) is 0 Å². The maximum absolute atomic E-state index is 5.36. The Kier molecular flexibility index (Phi) is 8.40. The van der Waals surface area contributed by atoms with E-state index in [1.165, 1.54) is 12.1 Å². The van der Waals surface area contributed by atoms with Crippen LogP contribution < -0.4 is 15.5 Å². The monoisotopic (exact) mass is 483 g/mol. The Hall–Kier alpha value is -1.77. The molecule has 27 heavy (non-hydrogen) atoms. The van der Waals surface area contributed by atoms with Crippen LogP contribution in [0.25, 0.3) is 0 Å². The first-order valence-corrected chi connectivity index (χ1v) is 9.35. The van der Waals surface area contributed by atoms with Crippen LogP contribution in [0.1, 0.15) is 37.6 Å². The Morgan fingerprint density at radius 2 is 2.07 bits per heavy atom. The molecule has 0 saturated carbocycles. The molecule has 1 aromatic heterocycles. The average molecular weight is 483 g/mol. The van der Waals surface area contributed by atoms with Crippen LogP contribution in [0.4, 0.5) is 5.69 Å². The van der Waals surface area contributed by atoms with Gasteiger partial charge in [-0.3, -0.25) is 4.99 Å². The molecule has 1 saturated heterocycles. The van der Waals surface area contributed by atoms with Gasteiger partial charge in [-0.1, -0.05) is 37.2 Å². The summed E-state index contributed by atoms with van der Waals surface area (Å²) in [4.78, 5) is 6.75. The SMILES string of the molecule is CN=C(NCc1cc(C(C)C)no1)NCC1CCN(c2ccccc2)C1.I. The third-order valence-corrected chi connectivity index (χ3v) is 4.79. The fourth-order valence-corrected chi connectivity index (χ4v) is 3.19. The predicted octanol–water partition coefficient (Wildman–Crippen LogP) is 3.61. The number of rotatable bonds is 6. The van der Waals surface area contributed by atoms with Crippen LogP contribution in [0, 0.1) is 5.92 Å². The van der Waals surface area contributed by atoms with Crippen molar-refractivity contribution in [2.24, 2.45) is 10.9 Å². The van der Waals surface area contributed by atoms with E-state index in [0.717, 1.165) is 37.0 Å². The summed E-state index contributed by atoms with van der Waals surface area (Å²) in [7, 11) is 1.79. The van der Waals surface area contributed by atoms with Gasteiger partial charge in [0.1, 0.15) is 0 Å². The zero-order valence-electron chi connectivity index (χ0n) is 16.3. The minimum atomic E-state index is 0. The van der Waals surface area contributed by atoms with Crippen molar-refractivity contribution < 1.29 is 4.52 Å². The van der Waals surface area contributed by atoms with E-state index in [-0.39, 0.29) is 24.0 Å². The van der Waals surface area contributed by atoms with Crippen molar-refractivity contribution in [3.63, 3.8) is 0 Å². The van der Waals surface area contributed by atoms with Crippen molar-refractivity contribution in [1.82, 2.24) is 15.8 Å². The lowest BCUT2D eigenvalue weighted by Crippen LogP contribution is -2.39. The molecule has 2 aromatic rings. The normalized spacial score (nSPS) is 17.1. The number of benzene rings is 1. The summed E-state index contributed by atoms with van der Waals surface area (Å²) in [6, 6.07) is 12.6. The lowest BCUT2D eigenvalue weighted by Gasteiger charge is -2.19. The fraction of sp³-hybridized carbons (Fsp3) is 0.500. The molecule has 1 aliphatic heterocycles. The number of nitrogens with zero attached hydrogens (tertiary/aromatic N) is 3. The largest absolute Gasteiger partial charge is 0.371 e. The highest BCUT2D eigenvalue weighted by molar-refractivity contribution is 14.0. The molecule has 3 rings (SSSR count). The maximum atomic E-state index is 5.36. The maximum Gasteiger partial charge on any atom is 0.191 e. The molecule has 0 amide bonds. The fourth-order valence-electron chi connectivity index (χ4n) is 3.19. The van der Waals surface area contributed by atoms with Crippen LogP contribution in [-0.2, 0) is 6.54 Å². The van der Waals surface area contributed by atoms with E-state index in [1.807, 2.05) is 6.07 Å². The molecule has 2 heterocycles. The quantitative estimate of drug-likeness (QED) is 0.374. The molecule has 0 spiro atoms. The number of aliphatic imine (C=N–C) groups is 1. The Morgan fingerprint density at radius 3 is 2.74 bits per heavy atom. The Morgan fingerprint density at radius 1 is 1.30 bits per heavy atom. The minimum absolute atomic E-state index is 0. The molecule has 0 aliphatic carbocycles. The van der Waals surface area contributed by atoms with Crippen molar-refractivity contribution >= 4 is 35.6 Å². The van der Waals surface area contributed by atoms with E-state index in [9.17, 15) is 0 Å². The summed E-state index contributed by atoms with van der Waals surface area (Å²) in [5, 5.41) is 10.8. The zero-order valence-corrected chi connectivity index (χ0v) is 18.6. The van der Waals surface area contributed by atoms with Crippen molar-refractivity contribution in [3.05, 3.63) is 47.9 Å². The molecule has 148 valence electrons. The third-order valence-electron chi connectivity index (χ3n) is 4.79. The van der Waals surface area contributed by atoms with E-state index < -0.39 is 0 Å². The minimum Gasteiger partial charge on any atom is -0.371 e. The summed E-state index contributed by atoms with van der Waals surface area (Å²) >= 11 is 0. The molecular weight excluding hydrogens is 453 g/mol. The van der Waals surface area contributed by atoms with Crippen LogP contribution in [0.15, 0.2) is 45.9 Å². The second-order valence-electron chi connectivity index (χ2n) is 7.12. The van der Waals surface area contributed by atoms with Gasteiger partial charge >= 0.3 is 0 Å². The molecule has 0 bridgehead atoms. The third kappa shape index (κ3) is 6.12. The lowest BCUT2D eigenvalue weighted by atomic mass is 10.1. The molecule has 1 aliphatic rings. The molecule has 0 radical (unpaired) electrons. The Labute approximate surface area is 178 Å². The standard InChI is InChI=1S/C20H29N5O.HI/c1-15(2)19-11-18(26-24-19)13-23-20(21-3)22-12-16-9-10-25(14-16)17-7-5-4-6-8-17;/h4-8,11,15-16H,9-10,12-14H2,1-3H3,(H2,21,22,23);1H. The van der Waals surface area contributed by atoms with Gasteiger partial charge in [-0.15, -0.1) is 24.0 Å². The molecule has 7 heteroatoms. The van der Waals surface area contributed by atoms with Gasteiger partial charge in [-0.2, -0.15) is 0 Å². The number of hydrogen-bond acceptors (Lipinski definition) is 4. The zero-order chi connectivity index (χ0) is 18.4. The van der Waals surface area contributed by atoms with Crippen LogP contribution in [0.2, 0.25) is 0 Å². The number of aromatic nitrogens is 1. The van der Waals surface area contributed by atoms with E-state index in [0.29, 0.717) is 18.4 Å². The van der Waals surface area contributed by atoms with Crippen molar-refractivity contribution in [2.45, 2.75) is 32.7 Å². The van der Waals surface area contributed by atoms with E-state index >= 15 is 0 Å². The number of halogens is 1. The summed E-state index contributed by atoms with van der Waals surface area (Å²) in [6.07, 6.45) is 1.19. The van der Waals surface area contributed by atoms with Crippen LogP contribution in [0.3, 0.4) is 0 Å². The molecule has 1 unspecified atom stereocenters. The van der Waals surface area contributed by atoms with Gasteiger partial charge < -0.3 is 20.1 Å². The van der Waals surface area contributed by atoms with E-state index in [2.05, 4.69) is 69.9 Å². The van der Waals surface area contributed by atoms with Crippen molar-refractivity contribution in [3.8, 4) is 0 Å². The number of para-hydroxylation sites is 1. The highest BCUT2D eigenvalue weighted by Crippen LogP contribution is 2.22. The first-order chi connectivity index (χ1) is 12.7. The highest BCUT2D eigenvalue weighted by Gasteiger charge is 2.22. The molecular formula is C20H30IN5O. The topological polar surface area (TPSA) is 65.7 Å². The predicted molar refractivity (Wildman–Crippen MR) is 121 cm³/mol. The van der Waals surface area contributed by atoms with Gasteiger partial charge in [-0.05, 0) is 30.4 Å². The van der Waals surface area contributed by atoms with Gasteiger partial charge in [0.2, 0.25) is 0 Å². The molecule has 1 atom stereocenters. The number of hydrogen-bond donors (Lipinski definition) is 2. The van der Waals surface area contributed by atoms with Crippen molar-refractivity contribution in [2.75, 3.05) is 31.6 Å². The summed E-state index contributed by atoms with van der Waals surface area (Å²) < 4.78 is 5.36. The highest BCUT2D eigenvalue weighted by atomic mass is 127. The van der Waals surface area contributed by atoms with Gasteiger partial charge in [0.15, 0.2) is 11.7 Å². The molecule has 2 N–H and O–H groups in total. The van der Waals surface area contributed by atoms with Gasteiger partial charge in [0.05, 0.1) is 12.2 Å². The van der Waals surface area contributed by atoms with Gasteiger partial charge in [0.25, 0.3) is 0 Å². The van der Waals surface area contributed by atoms with Crippen LogP contribution in [0.5, 0.6) is 0 Å². The summed E-state index contributed by atoms with van der Waals surface area (Å²) in [6.45, 7) is 7.90. The Balaban J connectivity index is 0.00000261. The number of nitrogens with one attached hydrogen (secondary N) is 2. The second-order valence-corrected chi connectivity index (χ2v) is 7.12. The first-order valence-electron chi connectivity index (χ1n) is 9.35. The number of guanidine groups is 1.